The highest BCUT2D eigenvalue weighted by Crippen LogP contribution is 2.23. The van der Waals surface area contributed by atoms with Crippen molar-refractivity contribution in [1.82, 2.24) is 4.90 Å². The molecule has 29 heavy (non-hydrogen) atoms. The van der Waals surface area contributed by atoms with E-state index in [2.05, 4.69) is 12.1 Å². The van der Waals surface area contributed by atoms with Crippen molar-refractivity contribution in [3.8, 4) is 11.1 Å². The Balaban J connectivity index is 1.47. The van der Waals surface area contributed by atoms with Crippen LogP contribution in [0.5, 0.6) is 0 Å². The van der Waals surface area contributed by atoms with Gasteiger partial charge in [-0.05, 0) is 36.0 Å². The molecule has 0 aromatic heterocycles. The highest BCUT2D eigenvalue weighted by atomic mass is 32.2. The van der Waals surface area contributed by atoms with Gasteiger partial charge in [-0.2, -0.15) is 0 Å². The molecule has 2 aliphatic heterocycles. The quantitative estimate of drug-likeness (QED) is 0.730. The van der Waals surface area contributed by atoms with Gasteiger partial charge in [0, 0.05) is 19.2 Å². The van der Waals surface area contributed by atoms with Gasteiger partial charge in [0.05, 0.1) is 24.0 Å². The second-order valence-electron chi connectivity index (χ2n) is 7.98. The summed E-state index contributed by atoms with van der Waals surface area (Å²) in [4.78, 5) is 14.9. The number of amides is 1. The molecule has 0 saturated carbocycles. The maximum Gasteiger partial charge on any atom is 0.227 e. The second kappa shape index (κ2) is 8.67. The Kier molecular flexibility index (Phi) is 6.01. The molecule has 0 bridgehead atoms. The van der Waals surface area contributed by atoms with Gasteiger partial charge in [-0.1, -0.05) is 54.6 Å². The SMILES string of the molecule is O=C(Cc1ccc(-c2ccccc2)cc1)N(C[C@H]1CCCO1)[C@@H]1CCS(=O)(=O)C1. The smallest absolute Gasteiger partial charge is 0.227 e. The lowest BCUT2D eigenvalue weighted by Gasteiger charge is -2.30. The van der Waals surface area contributed by atoms with E-state index in [1.807, 2.05) is 42.5 Å². The van der Waals surface area contributed by atoms with Crippen LogP contribution >= 0.6 is 0 Å². The summed E-state index contributed by atoms with van der Waals surface area (Å²) in [5.41, 5.74) is 3.19. The van der Waals surface area contributed by atoms with Gasteiger partial charge in [-0.15, -0.1) is 0 Å². The fourth-order valence-corrected chi connectivity index (χ4v) is 5.94. The molecule has 0 spiro atoms. The largest absolute Gasteiger partial charge is 0.376 e. The van der Waals surface area contributed by atoms with E-state index in [1.165, 1.54) is 0 Å². The van der Waals surface area contributed by atoms with Crippen molar-refractivity contribution >= 4 is 15.7 Å². The van der Waals surface area contributed by atoms with Crippen molar-refractivity contribution in [2.75, 3.05) is 24.7 Å². The third kappa shape index (κ3) is 5.06. The summed E-state index contributed by atoms with van der Waals surface area (Å²) in [6.07, 6.45) is 2.74. The van der Waals surface area contributed by atoms with Gasteiger partial charge < -0.3 is 9.64 Å². The first-order valence-corrected chi connectivity index (χ1v) is 12.1. The Hall–Kier alpha value is -2.18. The molecule has 154 valence electrons. The van der Waals surface area contributed by atoms with Gasteiger partial charge in [0.25, 0.3) is 0 Å². The molecule has 5 nitrogen and oxygen atoms in total. The Morgan fingerprint density at radius 1 is 1.00 bits per heavy atom. The molecule has 2 heterocycles. The van der Waals surface area contributed by atoms with Crippen molar-refractivity contribution in [1.29, 1.82) is 0 Å². The highest BCUT2D eigenvalue weighted by molar-refractivity contribution is 7.91. The minimum atomic E-state index is -3.05. The van der Waals surface area contributed by atoms with Crippen LogP contribution in [0.2, 0.25) is 0 Å². The van der Waals surface area contributed by atoms with Crippen LogP contribution in [0.25, 0.3) is 11.1 Å². The molecule has 0 N–H and O–H groups in total. The molecule has 4 rings (SSSR count). The minimum Gasteiger partial charge on any atom is -0.376 e. The van der Waals surface area contributed by atoms with E-state index >= 15 is 0 Å². The van der Waals surface area contributed by atoms with Crippen LogP contribution in [-0.2, 0) is 25.8 Å². The lowest BCUT2D eigenvalue weighted by Crippen LogP contribution is -2.45. The molecule has 2 aromatic carbocycles. The van der Waals surface area contributed by atoms with Gasteiger partial charge in [0.15, 0.2) is 9.84 Å². The predicted octanol–water partition coefficient (Wildman–Crippen LogP) is 3.09. The van der Waals surface area contributed by atoms with Crippen molar-refractivity contribution < 1.29 is 17.9 Å². The van der Waals surface area contributed by atoms with E-state index in [1.54, 1.807) is 4.90 Å². The molecule has 2 fully saturated rings. The monoisotopic (exact) mass is 413 g/mol. The van der Waals surface area contributed by atoms with Gasteiger partial charge in [-0.25, -0.2) is 8.42 Å². The fourth-order valence-electron chi connectivity index (χ4n) is 4.21. The summed E-state index contributed by atoms with van der Waals surface area (Å²) in [6, 6.07) is 17.9. The molecule has 1 amide bonds. The van der Waals surface area contributed by atoms with E-state index in [9.17, 15) is 13.2 Å². The first-order valence-electron chi connectivity index (χ1n) is 10.3. The number of benzene rings is 2. The Morgan fingerprint density at radius 3 is 2.34 bits per heavy atom. The third-order valence-electron chi connectivity index (χ3n) is 5.81. The fraction of sp³-hybridized carbons (Fsp3) is 0.435. The molecular weight excluding hydrogens is 386 g/mol. The van der Waals surface area contributed by atoms with Crippen LogP contribution in [0.1, 0.15) is 24.8 Å². The zero-order valence-electron chi connectivity index (χ0n) is 16.5. The van der Waals surface area contributed by atoms with Crippen LogP contribution in [0.3, 0.4) is 0 Å². The molecule has 2 atom stereocenters. The zero-order valence-corrected chi connectivity index (χ0v) is 17.3. The Labute approximate surface area is 172 Å². The maximum atomic E-state index is 13.1. The summed E-state index contributed by atoms with van der Waals surface area (Å²) < 4.78 is 29.6. The number of ether oxygens (including phenoxy) is 1. The number of hydrogen-bond acceptors (Lipinski definition) is 4. The van der Waals surface area contributed by atoms with Crippen LogP contribution in [0, 0.1) is 0 Å². The molecule has 0 unspecified atom stereocenters. The van der Waals surface area contributed by atoms with Crippen molar-refractivity contribution in [3.63, 3.8) is 0 Å². The standard InChI is InChI=1S/C23H27NO4S/c25-23(15-18-8-10-20(11-9-18)19-5-2-1-3-6-19)24(16-22-7-4-13-28-22)21-12-14-29(26,27)17-21/h1-3,5-6,8-11,21-22H,4,7,12-17H2/t21-,22-/m1/s1. The third-order valence-corrected chi connectivity index (χ3v) is 7.56. The maximum absolute atomic E-state index is 13.1. The summed E-state index contributed by atoms with van der Waals surface area (Å²) in [5, 5.41) is 0. The first kappa shape index (κ1) is 20.1. The lowest BCUT2D eigenvalue weighted by atomic mass is 10.0. The van der Waals surface area contributed by atoms with Gasteiger partial charge in [0.2, 0.25) is 5.91 Å². The number of nitrogens with zero attached hydrogens (tertiary/aromatic N) is 1. The minimum absolute atomic E-state index is 0.0164. The van der Waals surface area contributed by atoms with Gasteiger partial charge >= 0.3 is 0 Å². The summed E-state index contributed by atoms with van der Waals surface area (Å²) in [6.45, 7) is 1.21. The molecule has 6 heteroatoms. The topological polar surface area (TPSA) is 63.7 Å². The van der Waals surface area contributed by atoms with Crippen LogP contribution in [0.15, 0.2) is 54.6 Å². The molecule has 0 radical (unpaired) electrons. The number of sulfone groups is 1. The number of carbonyl (C=O) groups excluding carboxylic acids is 1. The summed E-state index contributed by atoms with van der Waals surface area (Å²) >= 11 is 0. The molecule has 2 saturated heterocycles. The van der Waals surface area contributed by atoms with Crippen molar-refractivity contribution in [2.24, 2.45) is 0 Å². The molecule has 2 aliphatic rings. The Morgan fingerprint density at radius 2 is 1.72 bits per heavy atom. The Bertz CT molecular complexity index is 935. The van der Waals surface area contributed by atoms with E-state index in [4.69, 9.17) is 4.74 Å². The average Bonchev–Trinajstić information content (AvgIpc) is 3.36. The zero-order chi connectivity index (χ0) is 20.3. The first-order chi connectivity index (χ1) is 14.0. The number of carbonyl (C=O) groups is 1. The second-order valence-corrected chi connectivity index (χ2v) is 10.2. The summed E-state index contributed by atoms with van der Waals surface area (Å²) in [5.74, 6) is 0.215. The number of hydrogen-bond donors (Lipinski definition) is 0. The van der Waals surface area contributed by atoms with E-state index in [0.29, 0.717) is 13.0 Å². The average molecular weight is 414 g/mol. The van der Waals surface area contributed by atoms with Crippen LogP contribution in [0.4, 0.5) is 0 Å². The lowest BCUT2D eigenvalue weighted by molar-refractivity contribution is -0.134. The van der Waals surface area contributed by atoms with Crippen LogP contribution < -0.4 is 0 Å². The molecular formula is C23H27NO4S. The predicted molar refractivity (Wildman–Crippen MR) is 113 cm³/mol. The summed E-state index contributed by atoms with van der Waals surface area (Å²) in [7, 11) is -3.05. The van der Waals surface area contributed by atoms with Gasteiger partial charge in [0.1, 0.15) is 0 Å². The van der Waals surface area contributed by atoms with Crippen molar-refractivity contribution in [2.45, 2.75) is 37.8 Å². The molecule has 2 aromatic rings. The van der Waals surface area contributed by atoms with E-state index < -0.39 is 9.84 Å². The molecule has 0 aliphatic carbocycles. The van der Waals surface area contributed by atoms with Gasteiger partial charge in [-0.3, -0.25) is 4.79 Å². The van der Waals surface area contributed by atoms with E-state index in [-0.39, 0.29) is 36.0 Å². The normalized spacial score (nSPS) is 23.2. The highest BCUT2D eigenvalue weighted by Gasteiger charge is 2.36. The van der Waals surface area contributed by atoms with Crippen LogP contribution in [-0.4, -0.2) is 56.0 Å². The van der Waals surface area contributed by atoms with E-state index in [0.717, 1.165) is 36.1 Å². The van der Waals surface area contributed by atoms with Crippen molar-refractivity contribution in [3.05, 3.63) is 60.2 Å². The number of rotatable bonds is 6.